The lowest BCUT2D eigenvalue weighted by atomic mass is 9.79. The topological polar surface area (TPSA) is 62.3 Å². The molecule has 3 aliphatic carbocycles. The summed E-state index contributed by atoms with van der Waals surface area (Å²) in [7, 11) is 0. The van der Waals surface area contributed by atoms with E-state index in [1.807, 2.05) is 24.8 Å². The number of nitrogens with zero attached hydrogens (tertiary/aromatic N) is 3. The van der Waals surface area contributed by atoms with Gasteiger partial charge in [-0.05, 0) is 61.6 Å². The molecule has 0 spiro atoms. The smallest absolute Gasteiger partial charge is 0.195 e. The van der Waals surface area contributed by atoms with Crippen molar-refractivity contribution in [2.45, 2.75) is 56.0 Å². The summed E-state index contributed by atoms with van der Waals surface area (Å²) in [4.78, 5) is 11.3. The molecule has 9 rings (SSSR count). The molecule has 1 saturated heterocycles. The number of fused-ring (bicyclic) bond motifs is 4. The minimum atomic E-state index is -0.0971. The van der Waals surface area contributed by atoms with Crippen LogP contribution in [0.3, 0.4) is 0 Å². The lowest BCUT2D eigenvalue weighted by Gasteiger charge is -2.39. The Kier molecular flexibility index (Phi) is 6.87. The predicted molar refractivity (Wildman–Crippen MR) is 180 cm³/mol. The largest absolute Gasteiger partial charge is 0.469 e. The third kappa shape index (κ3) is 4.79. The predicted octanol–water partition coefficient (Wildman–Crippen LogP) is 7.16. The Morgan fingerprint density at radius 1 is 0.826 bits per heavy atom. The number of likely N-dealkylation sites (tertiary alicyclic amines) is 1. The van der Waals surface area contributed by atoms with Crippen LogP contribution in [0.5, 0.6) is 0 Å². The van der Waals surface area contributed by atoms with Gasteiger partial charge < -0.3 is 20.3 Å². The van der Waals surface area contributed by atoms with E-state index in [2.05, 4.69) is 129 Å². The number of allylic oxidation sites excluding steroid dienone is 6. The van der Waals surface area contributed by atoms with Crippen LogP contribution in [0.4, 0.5) is 0 Å². The SMILES string of the molecule is C1=CC2C3C4=C(CCC3N(C3=CCC(C5CC(c6ccncc6)C=C(c6ccncc6)N5)C=C3)C2C=C1)NC(c1ccccc1)O4. The van der Waals surface area contributed by atoms with E-state index in [-0.39, 0.29) is 6.23 Å². The van der Waals surface area contributed by atoms with Crippen LogP contribution in [0.1, 0.15) is 54.5 Å². The van der Waals surface area contributed by atoms with Gasteiger partial charge in [0.05, 0.1) is 11.7 Å². The number of pyridine rings is 2. The van der Waals surface area contributed by atoms with Crippen molar-refractivity contribution in [3.63, 3.8) is 0 Å². The van der Waals surface area contributed by atoms with Crippen LogP contribution < -0.4 is 10.6 Å². The Hall–Kier alpha value is -4.84. The number of benzene rings is 1. The lowest BCUT2D eigenvalue weighted by Crippen LogP contribution is -2.41. The third-order valence-electron chi connectivity index (χ3n) is 10.9. The van der Waals surface area contributed by atoms with E-state index >= 15 is 0 Å². The van der Waals surface area contributed by atoms with Crippen molar-refractivity contribution in [3.8, 4) is 0 Å². The average molecular weight is 606 g/mol. The fourth-order valence-electron chi connectivity index (χ4n) is 8.71. The standard InChI is InChI=1S/C40H39N5O/c1-2-6-29(7-3-1)40-44-33-14-15-37-38(39(33)46-40)32-8-4-5-9-36(32)45(37)31-12-10-27(11-13-31)34-24-30(26-16-20-41-21-17-26)25-35(43-34)28-18-22-42-23-19-28/h1-10,12-13,16-23,25,27,30,32,34,36-38,40,43-44H,11,14-15,24H2. The second-order valence-corrected chi connectivity index (χ2v) is 13.4. The second kappa shape index (κ2) is 11.5. The van der Waals surface area contributed by atoms with Crippen LogP contribution in [-0.2, 0) is 4.74 Å². The molecular weight excluding hydrogens is 566 g/mol. The molecule has 8 unspecified atom stereocenters. The number of hydrogen-bond acceptors (Lipinski definition) is 6. The summed E-state index contributed by atoms with van der Waals surface area (Å²) < 4.78 is 6.76. The molecular formula is C40H39N5O. The molecule has 0 saturated carbocycles. The highest BCUT2D eigenvalue weighted by Gasteiger charge is 2.54. The lowest BCUT2D eigenvalue weighted by molar-refractivity contribution is 0.0943. The number of nitrogens with one attached hydrogen (secondary N) is 2. The zero-order chi connectivity index (χ0) is 30.5. The molecule has 6 aliphatic rings. The molecule has 2 aromatic heterocycles. The van der Waals surface area contributed by atoms with Gasteiger partial charge in [-0.1, -0.05) is 72.9 Å². The molecule has 8 atom stereocenters. The molecule has 6 nitrogen and oxygen atoms in total. The number of ether oxygens (including phenoxy) is 1. The Morgan fingerprint density at radius 3 is 2.43 bits per heavy atom. The molecule has 0 bridgehead atoms. The van der Waals surface area contributed by atoms with Crippen molar-refractivity contribution in [1.29, 1.82) is 0 Å². The molecule has 0 amide bonds. The van der Waals surface area contributed by atoms with Crippen LogP contribution in [0.25, 0.3) is 5.70 Å². The number of aromatic nitrogens is 2. The minimum Gasteiger partial charge on any atom is -0.469 e. The summed E-state index contributed by atoms with van der Waals surface area (Å²) in [5.41, 5.74) is 7.55. The van der Waals surface area contributed by atoms with Crippen LogP contribution >= 0.6 is 0 Å². The van der Waals surface area contributed by atoms with Crippen molar-refractivity contribution >= 4 is 5.70 Å². The van der Waals surface area contributed by atoms with E-state index in [1.54, 1.807) is 0 Å². The van der Waals surface area contributed by atoms with Crippen LogP contribution in [-0.4, -0.2) is 33.0 Å². The Balaban J connectivity index is 0.962. The normalized spacial score (nSPS) is 32.4. The van der Waals surface area contributed by atoms with Gasteiger partial charge in [0.15, 0.2) is 6.23 Å². The van der Waals surface area contributed by atoms with E-state index in [0.29, 0.717) is 41.8 Å². The molecule has 0 radical (unpaired) electrons. The average Bonchev–Trinajstić information content (AvgIpc) is 3.72. The van der Waals surface area contributed by atoms with Crippen molar-refractivity contribution in [1.82, 2.24) is 25.5 Å². The summed E-state index contributed by atoms with van der Waals surface area (Å²) >= 11 is 0. The maximum Gasteiger partial charge on any atom is 0.195 e. The van der Waals surface area contributed by atoms with Gasteiger partial charge in [0.2, 0.25) is 0 Å². The first-order valence-electron chi connectivity index (χ1n) is 16.8. The maximum absolute atomic E-state index is 6.76. The highest BCUT2D eigenvalue weighted by atomic mass is 16.5. The van der Waals surface area contributed by atoms with E-state index in [9.17, 15) is 0 Å². The molecule has 46 heavy (non-hydrogen) atoms. The maximum atomic E-state index is 6.76. The van der Waals surface area contributed by atoms with Gasteiger partial charge in [-0.15, -0.1) is 0 Å². The third-order valence-corrected chi connectivity index (χ3v) is 10.9. The first-order chi connectivity index (χ1) is 22.8. The Labute approximate surface area is 271 Å². The summed E-state index contributed by atoms with van der Waals surface area (Å²) in [6.45, 7) is 0. The highest BCUT2D eigenvalue weighted by molar-refractivity contribution is 5.66. The quantitative estimate of drug-likeness (QED) is 0.322. The summed E-state index contributed by atoms with van der Waals surface area (Å²) in [5, 5.41) is 7.66. The number of rotatable bonds is 5. The molecule has 5 heterocycles. The van der Waals surface area contributed by atoms with Crippen LogP contribution in [0.15, 0.2) is 145 Å². The van der Waals surface area contributed by atoms with E-state index < -0.39 is 0 Å². The van der Waals surface area contributed by atoms with Crippen molar-refractivity contribution in [2.75, 3.05) is 0 Å². The van der Waals surface area contributed by atoms with E-state index in [4.69, 9.17) is 4.74 Å². The zero-order valence-corrected chi connectivity index (χ0v) is 25.8. The zero-order valence-electron chi connectivity index (χ0n) is 25.8. The second-order valence-electron chi connectivity index (χ2n) is 13.4. The number of hydrogen-bond donors (Lipinski definition) is 2. The highest BCUT2D eigenvalue weighted by Crippen LogP contribution is 2.52. The summed E-state index contributed by atoms with van der Waals surface area (Å²) in [6, 6.07) is 20.2. The molecule has 2 N–H and O–H groups in total. The van der Waals surface area contributed by atoms with Crippen molar-refractivity contribution < 1.29 is 4.74 Å². The van der Waals surface area contributed by atoms with Crippen LogP contribution in [0, 0.1) is 17.8 Å². The Bertz CT molecular complexity index is 1780. The van der Waals surface area contributed by atoms with Gasteiger partial charge in [0.1, 0.15) is 5.76 Å². The molecule has 3 aliphatic heterocycles. The van der Waals surface area contributed by atoms with Gasteiger partial charge in [-0.25, -0.2) is 0 Å². The monoisotopic (exact) mass is 605 g/mol. The molecule has 1 aromatic carbocycles. The molecule has 6 heteroatoms. The van der Waals surface area contributed by atoms with Crippen LogP contribution in [0.2, 0.25) is 0 Å². The summed E-state index contributed by atoms with van der Waals surface area (Å²) in [5.74, 6) is 2.67. The van der Waals surface area contributed by atoms with Gasteiger partial charge in [0, 0.05) is 83.1 Å². The Morgan fingerprint density at radius 2 is 1.63 bits per heavy atom. The van der Waals surface area contributed by atoms with Gasteiger partial charge >= 0.3 is 0 Å². The molecule has 1 fully saturated rings. The summed E-state index contributed by atoms with van der Waals surface area (Å²) in [6.07, 6.45) is 30.8. The molecule has 3 aromatic rings. The first-order valence-corrected chi connectivity index (χ1v) is 16.8. The molecule has 230 valence electrons. The van der Waals surface area contributed by atoms with E-state index in [0.717, 1.165) is 25.7 Å². The van der Waals surface area contributed by atoms with Crippen molar-refractivity contribution in [3.05, 3.63) is 162 Å². The fraction of sp³-hybridized carbons (Fsp3) is 0.300. The fourth-order valence-corrected chi connectivity index (χ4v) is 8.71. The first kappa shape index (κ1) is 27.5. The van der Waals surface area contributed by atoms with Gasteiger partial charge in [0.25, 0.3) is 0 Å². The minimum absolute atomic E-state index is 0.0971. The van der Waals surface area contributed by atoms with Gasteiger partial charge in [-0.3, -0.25) is 9.97 Å². The van der Waals surface area contributed by atoms with Crippen molar-refractivity contribution in [2.24, 2.45) is 17.8 Å². The van der Waals surface area contributed by atoms with E-state index in [1.165, 1.54) is 39.5 Å². The van der Waals surface area contributed by atoms with Gasteiger partial charge in [-0.2, -0.15) is 0 Å².